The van der Waals surface area contributed by atoms with Gasteiger partial charge >= 0.3 is 0 Å². The molecule has 26 heavy (non-hydrogen) atoms. The summed E-state index contributed by atoms with van der Waals surface area (Å²) in [4.78, 5) is 26.8. The van der Waals surface area contributed by atoms with E-state index >= 15 is 0 Å². The molecule has 138 valence electrons. The van der Waals surface area contributed by atoms with Crippen LogP contribution in [0.4, 0.5) is 10.2 Å². The van der Waals surface area contributed by atoms with Crippen molar-refractivity contribution in [1.82, 2.24) is 14.7 Å². The molecule has 1 saturated heterocycles. The number of nitrogens with two attached hydrogens (primary N) is 1. The molecule has 2 aromatic rings. The van der Waals surface area contributed by atoms with Crippen molar-refractivity contribution in [3.63, 3.8) is 0 Å². The van der Waals surface area contributed by atoms with E-state index in [2.05, 4.69) is 5.10 Å². The Morgan fingerprint density at radius 1 is 1.42 bits per heavy atom. The van der Waals surface area contributed by atoms with E-state index in [1.54, 1.807) is 17.0 Å². The largest absolute Gasteiger partial charge is 0.384 e. The highest BCUT2D eigenvalue weighted by Crippen LogP contribution is 2.26. The van der Waals surface area contributed by atoms with Crippen LogP contribution in [0.5, 0.6) is 0 Å². The Morgan fingerprint density at radius 3 is 2.96 bits per heavy atom. The average molecular weight is 360 g/mol. The highest BCUT2D eigenvalue weighted by atomic mass is 19.1. The van der Waals surface area contributed by atoms with Gasteiger partial charge < -0.3 is 15.4 Å². The van der Waals surface area contributed by atoms with Crippen LogP contribution in [0.25, 0.3) is 5.69 Å². The lowest BCUT2D eigenvalue weighted by atomic mass is 10.0. The molecule has 0 spiro atoms. The highest BCUT2D eigenvalue weighted by Gasteiger charge is 2.35. The molecule has 1 fully saturated rings. The highest BCUT2D eigenvalue weighted by molar-refractivity contribution is 6.05. The lowest BCUT2D eigenvalue weighted by Gasteiger charge is -2.23. The maximum absolute atomic E-state index is 13.4. The molecule has 3 rings (SSSR count). The predicted molar refractivity (Wildman–Crippen MR) is 93.5 cm³/mol. The fourth-order valence-corrected chi connectivity index (χ4v) is 3.21. The van der Waals surface area contributed by atoms with Crippen LogP contribution in [0, 0.1) is 5.82 Å². The monoisotopic (exact) mass is 360 g/mol. The number of Topliss-reactive ketones (excluding diaryl/α,β-unsaturated/α-hetero) is 1. The number of methoxy groups -OCH3 is 1. The minimum absolute atomic E-state index is 0.112. The standard InChI is InChI=1S/C18H21FN4O3/c1-26-9-7-16(24)22-8-3-6-15(22)17(25)14-11-21-23(18(14)20)13-5-2-4-12(19)10-13/h2,4-5,10-11,15H,3,6-9,20H2,1H3. The fraction of sp³-hybridized carbons (Fsp3) is 0.389. The van der Waals surface area contributed by atoms with Gasteiger partial charge in [0.15, 0.2) is 5.78 Å². The first-order chi connectivity index (χ1) is 12.5. The van der Waals surface area contributed by atoms with Gasteiger partial charge in [0.2, 0.25) is 5.91 Å². The van der Waals surface area contributed by atoms with E-state index in [-0.39, 0.29) is 29.5 Å². The van der Waals surface area contributed by atoms with Crippen LogP contribution in [0.2, 0.25) is 0 Å². The van der Waals surface area contributed by atoms with Crippen LogP contribution in [0.3, 0.4) is 0 Å². The number of aromatic nitrogens is 2. The van der Waals surface area contributed by atoms with Gasteiger partial charge in [-0.3, -0.25) is 9.59 Å². The second-order valence-electron chi connectivity index (χ2n) is 6.19. The Bertz CT molecular complexity index is 821. The Hall–Kier alpha value is -2.74. The number of ketones is 1. The first kappa shape index (κ1) is 18.1. The molecule has 0 saturated carbocycles. The number of benzene rings is 1. The predicted octanol–water partition coefficient (Wildman–Crippen LogP) is 1.80. The van der Waals surface area contributed by atoms with Gasteiger partial charge in [-0.25, -0.2) is 9.07 Å². The molecule has 1 unspecified atom stereocenters. The second kappa shape index (κ2) is 7.65. The van der Waals surface area contributed by atoms with Crippen molar-refractivity contribution in [2.45, 2.75) is 25.3 Å². The third-order valence-corrected chi connectivity index (χ3v) is 4.52. The molecule has 0 bridgehead atoms. The summed E-state index contributed by atoms with van der Waals surface area (Å²) in [5, 5.41) is 4.12. The molecule has 1 aliphatic rings. The van der Waals surface area contributed by atoms with Crippen LogP contribution in [-0.4, -0.2) is 52.7 Å². The number of amides is 1. The van der Waals surface area contributed by atoms with Crippen LogP contribution in [-0.2, 0) is 9.53 Å². The Balaban J connectivity index is 1.83. The molecule has 0 radical (unpaired) electrons. The van der Waals surface area contributed by atoms with Gasteiger partial charge in [0.25, 0.3) is 0 Å². The summed E-state index contributed by atoms with van der Waals surface area (Å²) in [5.41, 5.74) is 6.76. The summed E-state index contributed by atoms with van der Waals surface area (Å²) in [7, 11) is 1.53. The van der Waals surface area contributed by atoms with Crippen molar-refractivity contribution in [2.75, 3.05) is 26.0 Å². The minimum atomic E-state index is -0.549. The first-order valence-corrected chi connectivity index (χ1v) is 8.45. The third-order valence-electron chi connectivity index (χ3n) is 4.52. The van der Waals surface area contributed by atoms with Crippen LogP contribution in [0.1, 0.15) is 29.6 Å². The summed E-state index contributed by atoms with van der Waals surface area (Å²) < 4.78 is 19.7. The molecule has 1 atom stereocenters. The maximum Gasteiger partial charge on any atom is 0.225 e. The summed E-state index contributed by atoms with van der Waals surface area (Å²) >= 11 is 0. The van der Waals surface area contributed by atoms with Crippen LogP contribution < -0.4 is 5.73 Å². The van der Waals surface area contributed by atoms with E-state index in [1.807, 2.05) is 0 Å². The van der Waals surface area contributed by atoms with Crippen molar-refractivity contribution in [1.29, 1.82) is 0 Å². The van der Waals surface area contributed by atoms with Crippen molar-refractivity contribution in [3.05, 3.63) is 41.8 Å². The van der Waals surface area contributed by atoms with Crippen molar-refractivity contribution >= 4 is 17.5 Å². The van der Waals surface area contributed by atoms with Crippen molar-refractivity contribution in [3.8, 4) is 5.69 Å². The molecule has 1 aromatic heterocycles. The van der Waals surface area contributed by atoms with E-state index in [9.17, 15) is 14.0 Å². The Morgan fingerprint density at radius 2 is 2.23 bits per heavy atom. The number of anilines is 1. The number of ether oxygens (including phenoxy) is 1. The lowest BCUT2D eigenvalue weighted by Crippen LogP contribution is -2.41. The third kappa shape index (κ3) is 3.45. The topological polar surface area (TPSA) is 90.5 Å². The number of carbonyl (C=O) groups excluding carboxylic acids is 2. The van der Waals surface area contributed by atoms with Gasteiger partial charge in [-0.15, -0.1) is 0 Å². The number of carbonyl (C=O) groups is 2. The zero-order valence-corrected chi connectivity index (χ0v) is 14.5. The number of halogens is 1. The second-order valence-corrected chi connectivity index (χ2v) is 6.19. The van der Waals surface area contributed by atoms with E-state index in [0.29, 0.717) is 25.3 Å². The van der Waals surface area contributed by atoms with Crippen molar-refractivity contribution < 1.29 is 18.7 Å². The molecule has 1 amide bonds. The maximum atomic E-state index is 13.4. The van der Waals surface area contributed by atoms with Gasteiger partial charge in [-0.2, -0.15) is 5.10 Å². The lowest BCUT2D eigenvalue weighted by molar-refractivity contribution is -0.132. The van der Waals surface area contributed by atoms with Gasteiger partial charge in [-0.1, -0.05) is 6.07 Å². The van der Waals surface area contributed by atoms with E-state index in [1.165, 1.54) is 30.1 Å². The summed E-state index contributed by atoms with van der Waals surface area (Å²) in [6.07, 6.45) is 2.95. The van der Waals surface area contributed by atoms with Crippen LogP contribution in [0.15, 0.2) is 30.5 Å². The zero-order valence-electron chi connectivity index (χ0n) is 14.5. The molecule has 1 aromatic carbocycles. The molecule has 7 nitrogen and oxygen atoms in total. The van der Waals surface area contributed by atoms with Crippen molar-refractivity contribution in [2.24, 2.45) is 0 Å². The number of hydrogen-bond donors (Lipinski definition) is 1. The van der Waals surface area contributed by atoms with Crippen LogP contribution >= 0.6 is 0 Å². The van der Waals surface area contributed by atoms with Gasteiger partial charge in [0, 0.05) is 13.7 Å². The number of hydrogen-bond acceptors (Lipinski definition) is 5. The summed E-state index contributed by atoms with van der Waals surface area (Å²) in [5.74, 6) is -0.639. The molecule has 2 heterocycles. The smallest absolute Gasteiger partial charge is 0.225 e. The Kier molecular flexibility index (Phi) is 5.32. The molecule has 1 aliphatic heterocycles. The molecular formula is C18H21FN4O3. The number of nitrogen functional groups attached to an aromatic ring is 1. The van der Waals surface area contributed by atoms with Gasteiger partial charge in [0.05, 0.1) is 36.5 Å². The molecule has 8 heteroatoms. The van der Waals surface area contributed by atoms with E-state index in [4.69, 9.17) is 10.5 Å². The quantitative estimate of drug-likeness (QED) is 0.794. The van der Waals surface area contributed by atoms with E-state index in [0.717, 1.165) is 6.42 Å². The summed E-state index contributed by atoms with van der Waals surface area (Å²) in [6.45, 7) is 0.854. The molecular weight excluding hydrogens is 339 g/mol. The van der Waals surface area contributed by atoms with Gasteiger partial charge in [0.1, 0.15) is 11.6 Å². The average Bonchev–Trinajstić information content (AvgIpc) is 3.26. The SMILES string of the molecule is COCCC(=O)N1CCCC1C(=O)c1cnn(-c2cccc(F)c2)c1N. The molecule has 2 N–H and O–H groups in total. The fourth-order valence-electron chi connectivity index (χ4n) is 3.21. The normalized spacial score (nSPS) is 16.8. The number of nitrogens with zero attached hydrogens (tertiary/aromatic N) is 3. The zero-order chi connectivity index (χ0) is 18.7. The summed E-state index contributed by atoms with van der Waals surface area (Å²) in [6, 6.07) is 5.24. The van der Waals surface area contributed by atoms with E-state index < -0.39 is 11.9 Å². The first-order valence-electron chi connectivity index (χ1n) is 8.45. The molecule has 0 aliphatic carbocycles. The number of likely N-dealkylation sites (tertiary alicyclic amines) is 1. The Labute approximate surface area is 150 Å². The van der Waals surface area contributed by atoms with Gasteiger partial charge in [-0.05, 0) is 31.0 Å². The minimum Gasteiger partial charge on any atom is -0.384 e. The number of rotatable bonds is 6.